The predicted molar refractivity (Wildman–Crippen MR) is 69.1 cm³/mol. The molecule has 2 fully saturated rings. The molecule has 0 atom stereocenters. The Kier molecular flexibility index (Phi) is 3.50. The Labute approximate surface area is 108 Å². The lowest BCUT2D eigenvalue weighted by atomic mass is 10.2. The number of ether oxygens (including phenoxy) is 1. The number of hydrogen-bond acceptors (Lipinski definition) is 2. The average Bonchev–Trinajstić information content (AvgIpc) is 3.24. The highest BCUT2D eigenvalue weighted by Gasteiger charge is 2.22. The summed E-state index contributed by atoms with van der Waals surface area (Å²) >= 11 is 0. The molecule has 3 rings (SSSR count). The van der Waals surface area contributed by atoms with Crippen LogP contribution in [-0.2, 0) is 6.54 Å². The van der Waals surface area contributed by atoms with E-state index < -0.39 is 0 Å². The van der Waals surface area contributed by atoms with Gasteiger partial charge in [-0.1, -0.05) is 12.8 Å². The Hall–Kier alpha value is -1.09. The van der Waals surface area contributed by atoms with Gasteiger partial charge in [-0.05, 0) is 43.4 Å². The van der Waals surface area contributed by atoms with Gasteiger partial charge in [0.1, 0.15) is 11.6 Å². The van der Waals surface area contributed by atoms with Gasteiger partial charge in [-0.15, -0.1) is 0 Å². The number of halogens is 1. The second-order valence-corrected chi connectivity index (χ2v) is 5.49. The van der Waals surface area contributed by atoms with Crippen LogP contribution in [0.3, 0.4) is 0 Å². The summed E-state index contributed by atoms with van der Waals surface area (Å²) in [6, 6.07) is 5.45. The molecule has 98 valence electrons. The highest BCUT2D eigenvalue weighted by atomic mass is 19.1. The molecule has 18 heavy (non-hydrogen) atoms. The fourth-order valence-electron chi connectivity index (χ4n) is 2.11. The molecular weight excluding hydrogens is 229 g/mol. The van der Waals surface area contributed by atoms with Crippen LogP contribution in [0.1, 0.15) is 37.7 Å². The lowest BCUT2D eigenvalue weighted by molar-refractivity contribution is 0.298. The first-order chi connectivity index (χ1) is 8.81. The molecule has 2 nitrogen and oxygen atoms in total. The predicted octanol–water partition coefficient (Wildman–Crippen LogP) is 3.26. The first-order valence-electron chi connectivity index (χ1n) is 6.96. The van der Waals surface area contributed by atoms with Crippen LogP contribution in [0.25, 0.3) is 0 Å². The summed E-state index contributed by atoms with van der Waals surface area (Å²) in [5.41, 5.74) is 0.942. The number of benzene rings is 1. The van der Waals surface area contributed by atoms with Crippen molar-refractivity contribution >= 4 is 0 Å². The average molecular weight is 249 g/mol. The number of hydrogen-bond donors (Lipinski definition) is 1. The van der Waals surface area contributed by atoms with E-state index in [1.54, 1.807) is 12.1 Å². The third-order valence-electron chi connectivity index (χ3n) is 3.66. The molecule has 0 aromatic heterocycles. The smallest absolute Gasteiger partial charge is 0.123 e. The zero-order chi connectivity index (χ0) is 12.4. The third-order valence-corrected chi connectivity index (χ3v) is 3.66. The number of nitrogens with one attached hydrogen (secondary N) is 1. The molecule has 1 N–H and O–H groups in total. The van der Waals surface area contributed by atoms with Crippen molar-refractivity contribution in [3.8, 4) is 5.75 Å². The lowest BCUT2D eigenvalue weighted by Crippen LogP contribution is -2.16. The molecule has 0 unspecified atom stereocenters. The van der Waals surface area contributed by atoms with Crippen LogP contribution in [0.5, 0.6) is 5.75 Å². The van der Waals surface area contributed by atoms with E-state index in [-0.39, 0.29) is 5.82 Å². The number of rotatable bonds is 7. The zero-order valence-corrected chi connectivity index (χ0v) is 10.6. The molecule has 0 spiro atoms. The van der Waals surface area contributed by atoms with Crippen molar-refractivity contribution in [2.75, 3.05) is 6.61 Å². The maximum Gasteiger partial charge on any atom is 0.123 e. The summed E-state index contributed by atoms with van der Waals surface area (Å²) in [6.45, 7) is 1.47. The van der Waals surface area contributed by atoms with Gasteiger partial charge in [0.05, 0.1) is 6.61 Å². The minimum absolute atomic E-state index is 0.183. The van der Waals surface area contributed by atoms with E-state index in [2.05, 4.69) is 5.32 Å². The zero-order valence-electron chi connectivity index (χ0n) is 10.6. The summed E-state index contributed by atoms with van der Waals surface area (Å²) < 4.78 is 19.1. The molecule has 0 heterocycles. The van der Waals surface area contributed by atoms with Crippen LogP contribution in [0.4, 0.5) is 4.39 Å². The summed E-state index contributed by atoms with van der Waals surface area (Å²) in [4.78, 5) is 0. The van der Waals surface area contributed by atoms with Crippen LogP contribution in [0.15, 0.2) is 18.2 Å². The lowest BCUT2D eigenvalue weighted by Gasteiger charge is -2.12. The quantitative estimate of drug-likeness (QED) is 0.801. The van der Waals surface area contributed by atoms with Gasteiger partial charge in [0.2, 0.25) is 0 Å². The van der Waals surface area contributed by atoms with Crippen LogP contribution >= 0.6 is 0 Å². The van der Waals surface area contributed by atoms with Crippen molar-refractivity contribution in [2.24, 2.45) is 5.92 Å². The molecule has 0 bridgehead atoms. The van der Waals surface area contributed by atoms with Gasteiger partial charge in [-0.2, -0.15) is 0 Å². The van der Waals surface area contributed by atoms with E-state index in [1.807, 2.05) is 0 Å². The molecular formula is C15H20FNO. The first kappa shape index (κ1) is 12.0. The van der Waals surface area contributed by atoms with Gasteiger partial charge in [0.15, 0.2) is 0 Å². The highest BCUT2D eigenvalue weighted by Crippen LogP contribution is 2.32. The topological polar surface area (TPSA) is 21.3 Å². The van der Waals surface area contributed by atoms with Gasteiger partial charge >= 0.3 is 0 Å². The maximum absolute atomic E-state index is 13.3. The van der Waals surface area contributed by atoms with Gasteiger partial charge in [-0.3, -0.25) is 0 Å². The monoisotopic (exact) mass is 249 g/mol. The molecule has 2 saturated carbocycles. The second kappa shape index (κ2) is 5.27. The SMILES string of the molecule is Fc1ccc(OCCC2CC2)c(CNC2CC2)c1. The Morgan fingerprint density at radius 3 is 2.78 bits per heavy atom. The van der Waals surface area contributed by atoms with Crippen LogP contribution in [0, 0.1) is 11.7 Å². The summed E-state index contributed by atoms with van der Waals surface area (Å²) in [7, 11) is 0. The fraction of sp³-hybridized carbons (Fsp3) is 0.600. The van der Waals surface area contributed by atoms with Crippen LogP contribution in [0.2, 0.25) is 0 Å². The van der Waals surface area contributed by atoms with Crippen molar-refractivity contribution in [1.29, 1.82) is 0 Å². The highest BCUT2D eigenvalue weighted by molar-refractivity contribution is 5.34. The second-order valence-electron chi connectivity index (χ2n) is 5.49. The van der Waals surface area contributed by atoms with E-state index in [0.717, 1.165) is 30.3 Å². The molecule has 1 aromatic rings. The molecule has 2 aliphatic rings. The Morgan fingerprint density at radius 1 is 1.22 bits per heavy atom. The van der Waals surface area contributed by atoms with Crippen LogP contribution < -0.4 is 10.1 Å². The van der Waals surface area contributed by atoms with Gasteiger partial charge in [-0.25, -0.2) is 4.39 Å². The summed E-state index contributed by atoms with van der Waals surface area (Å²) in [6.07, 6.45) is 6.32. The first-order valence-corrected chi connectivity index (χ1v) is 6.96. The van der Waals surface area contributed by atoms with E-state index >= 15 is 0 Å². The molecule has 0 radical (unpaired) electrons. The molecule has 0 saturated heterocycles. The maximum atomic E-state index is 13.3. The Balaban J connectivity index is 1.57. The van der Waals surface area contributed by atoms with E-state index in [0.29, 0.717) is 12.6 Å². The van der Waals surface area contributed by atoms with E-state index in [4.69, 9.17) is 4.74 Å². The Bertz CT molecular complexity index is 413. The molecule has 3 heteroatoms. The Morgan fingerprint density at radius 2 is 2.06 bits per heavy atom. The van der Waals surface area contributed by atoms with Gasteiger partial charge in [0.25, 0.3) is 0 Å². The largest absolute Gasteiger partial charge is 0.493 e. The van der Waals surface area contributed by atoms with Crippen molar-refractivity contribution in [2.45, 2.75) is 44.7 Å². The molecule has 1 aromatic carbocycles. The van der Waals surface area contributed by atoms with Crippen molar-refractivity contribution in [3.63, 3.8) is 0 Å². The summed E-state index contributed by atoms with van der Waals surface area (Å²) in [5.74, 6) is 1.53. The van der Waals surface area contributed by atoms with Crippen molar-refractivity contribution in [1.82, 2.24) is 5.32 Å². The normalized spacial score (nSPS) is 18.9. The minimum Gasteiger partial charge on any atom is -0.493 e. The van der Waals surface area contributed by atoms with Crippen molar-refractivity contribution < 1.29 is 9.13 Å². The van der Waals surface area contributed by atoms with Gasteiger partial charge < -0.3 is 10.1 Å². The molecule has 0 amide bonds. The molecule has 0 aliphatic heterocycles. The van der Waals surface area contributed by atoms with Crippen molar-refractivity contribution in [3.05, 3.63) is 29.6 Å². The standard InChI is InChI=1S/C15H20FNO/c16-13-3-6-15(18-8-7-11-1-2-11)12(9-13)10-17-14-4-5-14/h3,6,9,11,14,17H,1-2,4-5,7-8,10H2. The third kappa shape index (κ3) is 3.45. The van der Waals surface area contributed by atoms with Crippen LogP contribution in [-0.4, -0.2) is 12.6 Å². The van der Waals surface area contributed by atoms with E-state index in [9.17, 15) is 4.39 Å². The fourth-order valence-corrected chi connectivity index (χ4v) is 2.11. The summed E-state index contributed by atoms with van der Waals surface area (Å²) in [5, 5.41) is 3.41. The molecule has 2 aliphatic carbocycles. The van der Waals surface area contributed by atoms with Gasteiger partial charge in [0, 0.05) is 18.2 Å². The van der Waals surface area contributed by atoms with E-state index in [1.165, 1.54) is 31.7 Å². The minimum atomic E-state index is -0.183.